The van der Waals surface area contributed by atoms with E-state index in [2.05, 4.69) is 53.2 Å². The van der Waals surface area contributed by atoms with Gasteiger partial charge < -0.3 is 111 Å². The summed E-state index contributed by atoms with van der Waals surface area (Å²) in [5.41, 5.74) is 16.2. The van der Waals surface area contributed by atoms with Crippen LogP contribution in [0.25, 0.3) is 0 Å². The minimum atomic E-state index is -1.97. The van der Waals surface area contributed by atoms with Crippen LogP contribution < -0.4 is 70.4 Å². The molecule has 3 saturated heterocycles. The highest BCUT2D eigenvalue weighted by molar-refractivity contribution is 5.99. The van der Waals surface area contributed by atoms with Crippen molar-refractivity contribution in [1.29, 1.82) is 0 Å². The predicted molar refractivity (Wildman–Crippen MR) is 303 cm³/mol. The van der Waals surface area contributed by atoms with E-state index in [4.69, 9.17) is 17.2 Å². The molecule has 11 atom stereocenters. The van der Waals surface area contributed by atoms with E-state index < -0.39 is 233 Å². The second kappa shape index (κ2) is 36.6. The molecule has 0 unspecified atom stereocenters. The third-order valence-corrected chi connectivity index (χ3v) is 14.3. The van der Waals surface area contributed by atoms with E-state index in [1.165, 1.54) is 6.92 Å². The number of aliphatic hydroxyl groups excluding tert-OH is 3. The molecule has 0 radical (unpaired) electrons. The van der Waals surface area contributed by atoms with Crippen LogP contribution in [-0.4, -0.2) is 267 Å². The lowest BCUT2D eigenvalue weighted by Crippen LogP contribution is -2.58. The van der Waals surface area contributed by atoms with Gasteiger partial charge >= 0.3 is 11.9 Å². The van der Waals surface area contributed by atoms with Gasteiger partial charge in [-0.25, -0.2) is 4.79 Å². The highest BCUT2D eigenvalue weighted by Gasteiger charge is 2.44. The van der Waals surface area contributed by atoms with Crippen LogP contribution in [-0.2, 0) is 76.7 Å². The molecule has 0 aromatic carbocycles. The number of carbonyl (C=O) groups is 16. The number of primary amides is 1. The van der Waals surface area contributed by atoms with E-state index in [-0.39, 0.29) is 44.7 Å². The molecule has 498 valence electrons. The smallest absolute Gasteiger partial charge is 0.326 e. The molecule has 3 fully saturated rings. The average Bonchev–Trinajstić information content (AvgIpc) is 2.77. The summed E-state index contributed by atoms with van der Waals surface area (Å²) >= 11 is 0. The molecule has 0 aromatic heterocycles. The van der Waals surface area contributed by atoms with Crippen LogP contribution in [0.5, 0.6) is 0 Å². The minimum absolute atomic E-state index is 0.0333. The quantitative estimate of drug-likeness (QED) is 0.0259. The van der Waals surface area contributed by atoms with E-state index in [0.717, 1.165) is 14.7 Å². The predicted octanol–water partition coefficient (Wildman–Crippen LogP) is -10.8. The molecule has 0 saturated carbocycles. The molecule has 3 rings (SSSR count). The zero-order valence-corrected chi connectivity index (χ0v) is 49.6. The standard InChI is InChI=1S/C52H84N16O21/c1-25(2)13-32(64-38(73)17-54)51(87)68-23-28(71)15-36(68)48(84)57-19-39(74)61-29(9-10-37(55)72)50(86)67-22-27(70)14-35(67)47(83)58-20-41(76)63-31(16-43(78)79)46(82)65-33(24-69)45(81)59-21-42(77)66-12-6-8-34(66)49(85)60-26(3)44(80)56-18-40(75)62-30(52(88)89)7-4-5-11-53/h25-36,69-71H,4-24,53-54H2,1-3H3,(H2,55,72)(H,56,80)(H,57,84)(H,58,83)(H,59,81)(H,60,85)(H,61,74)(H,62,75)(H,63,76)(H,64,73)(H,65,82)(H,78,79)(H,88,89)/t26-,27+,28+,29-,30-,31-,32-,33-,34-,35-,36-/m0/s1. The van der Waals surface area contributed by atoms with Crippen LogP contribution in [0.4, 0.5) is 0 Å². The molecule has 0 aliphatic carbocycles. The van der Waals surface area contributed by atoms with Crippen LogP contribution in [0, 0.1) is 5.92 Å². The summed E-state index contributed by atoms with van der Waals surface area (Å²) in [6, 6.07) is -12.9. The lowest BCUT2D eigenvalue weighted by atomic mass is 10.0. The van der Waals surface area contributed by atoms with Crippen molar-refractivity contribution >= 4 is 94.6 Å². The molecular formula is C52H84N16O21. The van der Waals surface area contributed by atoms with Crippen molar-refractivity contribution in [2.45, 2.75) is 158 Å². The Morgan fingerprint density at radius 1 is 0.539 bits per heavy atom. The van der Waals surface area contributed by atoms with E-state index in [9.17, 15) is 102 Å². The maximum absolute atomic E-state index is 14.0. The van der Waals surface area contributed by atoms with Gasteiger partial charge in [-0.1, -0.05) is 13.8 Å². The molecule has 14 amide bonds. The van der Waals surface area contributed by atoms with Gasteiger partial charge in [0, 0.05) is 38.9 Å². The van der Waals surface area contributed by atoms with E-state index in [0.29, 0.717) is 25.8 Å². The van der Waals surface area contributed by atoms with Gasteiger partial charge in [-0.3, -0.25) is 71.9 Å². The summed E-state index contributed by atoms with van der Waals surface area (Å²) in [4.78, 5) is 209. The first-order valence-corrected chi connectivity index (χ1v) is 28.8. The number of carboxylic acid groups (broad SMARTS) is 2. The molecular weight excluding hydrogens is 1180 g/mol. The van der Waals surface area contributed by atoms with E-state index in [1.54, 1.807) is 13.8 Å². The van der Waals surface area contributed by atoms with Crippen LogP contribution in [0.15, 0.2) is 0 Å². The van der Waals surface area contributed by atoms with Gasteiger partial charge in [0.25, 0.3) is 0 Å². The number of nitrogens with zero attached hydrogens (tertiary/aromatic N) is 3. The third-order valence-electron chi connectivity index (χ3n) is 14.3. The largest absolute Gasteiger partial charge is 0.481 e. The lowest BCUT2D eigenvalue weighted by Gasteiger charge is -2.29. The number of hydrogen-bond donors (Lipinski definition) is 18. The van der Waals surface area contributed by atoms with Crippen molar-refractivity contribution in [3.63, 3.8) is 0 Å². The number of amides is 14. The summed E-state index contributed by atoms with van der Waals surface area (Å²) in [6.07, 6.45) is -3.50. The minimum Gasteiger partial charge on any atom is -0.481 e. The number of carbonyl (C=O) groups excluding carboxylic acids is 14. The Balaban J connectivity index is 1.57. The Morgan fingerprint density at radius 2 is 1.06 bits per heavy atom. The van der Waals surface area contributed by atoms with Crippen molar-refractivity contribution in [2.24, 2.45) is 23.1 Å². The molecule has 0 spiro atoms. The number of carboxylic acids is 2. The van der Waals surface area contributed by atoms with Crippen LogP contribution >= 0.6 is 0 Å². The molecule has 37 heteroatoms. The van der Waals surface area contributed by atoms with Crippen molar-refractivity contribution in [3.05, 3.63) is 0 Å². The zero-order valence-electron chi connectivity index (χ0n) is 49.6. The fourth-order valence-electron chi connectivity index (χ4n) is 9.83. The van der Waals surface area contributed by atoms with Gasteiger partial charge in [0.1, 0.15) is 54.4 Å². The molecule has 0 bridgehead atoms. The zero-order chi connectivity index (χ0) is 66.8. The monoisotopic (exact) mass is 1270 g/mol. The van der Waals surface area contributed by atoms with Gasteiger partial charge in [-0.05, 0) is 64.3 Å². The van der Waals surface area contributed by atoms with Crippen LogP contribution in [0.1, 0.15) is 91.4 Å². The Hall–Kier alpha value is -8.68. The molecule has 3 heterocycles. The normalized spacial score (nSPS) is 19.8. The van der Waals surface area contributed by atoms with Gasteiger partial charge in [-0.2, -0.15) is 0 Å². The SMILES string of the molecule is CC(C)C[C@H](NC(=O)CN)C(=O)N1C[C@H](O)C[C@H]1C(=O)NCC(=O)N[C@@H](CCC(N)=O)C(=O)N1C[C@H](O)C[C@H]1C(=O)NCC(=O)N[C@@H](CC(=O)O)C(=O)N[C@@H](CO)C(=O)NCC(=O)N1CCC[C@H]1C(=O)N[C@@H](C)C(=O)NCC(=O)N[C@@H](CCCCN)C(=O)O. The number of rotatable bonds is 36. The van der Waals surface area contributed by atoms with E-state index in [1.807, 2.05) is 0 Å². The highest BCUT2D eigenvalue weighted by Crippen LogP contribution is 2.23. The second-order valence-electron chi connectivity index (χ2n) is 21.9. The number of nitrogens with one attached hydrogen (secondary N) is 10. The van der Waals surface area contributed by atoms with Gasteiger partial charge in [-0.15, -0.1) is 0 Å². The summed E-state index contributed by atoms with van der Waals surface area (Å²) < 4.78 is 0. The van der Waals surface area contributed by atoms with Crippen LogP contribution in [0.3, 0.4) is 0 Å². The molecule has 0 aromatic rings. The summed E-state index contributed by atoms with van der Waals surface area (Å²) in [5, 5.41) is 72.7. The third kappa shape index (κ3) is 24.4. The van der Waals surface area contributed by atoms with Gasteiger partial charge in [0.05, 0.1) is 58.0 Å². The molecule has 89 heavy (non-hydrogen) atoms. The Labute approximate surface area is 510 Å². The first kappa shape index (κ1) is 74.6. The fourth-order valence-corrected chi connectivity index (χ4v) is 9.83. The first-order valence-electron chi connectivity index (χ1n) is 28.8. The topological polar surface area (TPSA) is 582 Å². The highest BCUT2D eigenvalue weighted by atomic mass is 16.4. The summed E-state index contributed by atoms with van der Waals surface area (Å²) in [6.45, 7) is -0.303. The van der Waals surface area contributed by atoms with Gasteiger partial charge in [0.2, 0.25) is 82.7 Å². The maximum Gasteiger partial charge on any atom is 0.326 e. The molecule has 3 aliphatic rings. The van der Waals surface area contributed by atoms with Crippen molar-refractivity contribution < 1.29 is 102 Å². The van der Waals surface area contributed by atoms with Crippen molar-refractivity contribution in [2.75, 3.05) is 65.5 Å². The number of likely N-dealkylation sites (tertiary alicyclic amines) is 3. The van der Waals surface area contributed by atoms with E-state index >= 15 is 0 Å². The van der Waals surface area contributed by atoms with Gasteiger partial charge in [0.15, 0.2) is 0 Å². The lowest BCUT2D eigenvalue weighted by molar-refractivity contribution is -0.143. The molecule has 21 N–H and O–H groups in total. The Kier molecular flexibility index (Phi) is 30.7. The second-order valence-corrected chi connectivity index (χ2v) is 21.9. The summed E-state index contributed by atoms with van der Waals surface area (Å²) in [5.74, 6) is -16.1. The van der Waals surface area contributed by atoms with Crippen molar-refractivity contribution in [3.8, 4) is 0 Å². The number of aliphatic carboxylic acids is 2. The Morgan fingerprint density at radius 3 is 1.56 bits per heavy atom. The average molecular weight is 1270 g/mol. The number of unbranched alkanes of at least 4 members (excludes halogenated alkanes) is 1. The number of β-amino-alcohol motifs (C(OH)–C–C–N with tert-alkyl or cyclic N) is 2. The number of aliphatic hydroxyl groups is 3. The first-order chi connectivity index (χ1) is 41.9. The molecule has 3 aliphatic heterocycles. The number of hydrogen-bond acceptors (Lipinski definition) is 21. The summed E-state index contributed by atoms with van der Waals surface area (Å²) in [7, 11) is 0. The number of nitrogens with two attached hydrogens (primary N) is 3. The van der Waals surface area contributed by atoms with Crippen LogP contribution in [0.2, 0.25) is 0 Å². The van der Waals surface area contributed by atoms with Crippen molar-refractivity contribution in [1.82, 2.24) is 67.9 Å². The fraction of sp³-hybridized carbons (Fsp3) is 0.692. The maximum atomic E-state index is 14.0. The Bertz CT molecular complexity index is 2610. The molecule has 37 nitrogen and oxygen atoms in total.